The Morgan fingerprint density at radius 1 is 0.938 bits per heavy atom. The fourth-order valence-electron chi connectivity index (χ4n) is 1.63. The van der Waals surface area contributed by atoms with Gasteiger partial charge in [0.2, 0.25) is 5.91 Å². The zero-order valence-electron chi connectivity index (χ0n) is 11.0. The number of hydrogen-bond donors (Lipinski definition) is 2. The van der Waals surface area contributed by atoms with Gasteiger partial charge in [-0.1, -0.05) is 32.6 Å². The van der Waals surface area contributed by atoms with Gasteiger partial charge in [0.05, 0.1) is 0 Å². The molecule has 3 heteroatoms. The van der Waals surface area contributed by atoms with Crippen LogP contribution in [0.1, 0.15) is 58.3 Å². The number of rotatable bonds is 11. The summed E-state index contributed by atoms with van der Waals surface area (Å²) in [6.45, 7) is 4.11. The van der Waals surface area contributed by atoms with E-state index in [-0.39, 0.29) is 5.91 Å². The minimum Gasteiger partial charge on any atom is -0.356 e. The van der Waals surface area contributed by atoms with E-state index in [0.29, 0.717) is 6.42 Å². The quantitative estimate of drug-likeness (QED) is 0.533. The highest BCUT2D eigenvalue weighted by Gasteiger charge is 1.99. The predicted molar refractivity (Wildman–Crippen MR) is 69.5 cm³/mol. The highest BCUT2D eigenvalue weighted by Crippen LogP contribution is 2.00. The van der Waals surface area contributed by atoms with E-state index < -0.39 is 0 Å². The summed E-state index contributed by atoms with van der Waals surface area (Å²) in [5.41, 5.74) is 0. The number of carbonyl (C=O) groups excluding carboxylic acids is 1. The van der Waals surface area contributed by atoms with Crippen molar-refractivity contribution in [1.29, 1.82) is 0 Å². The van der Waals surface area contributed by atoms with Crippen molar-refractivity contribution in [3.63, 3.8) is 0 Å². The molecule has 0 unspecified atom stereocenters. The molecule has 0 bridgehead atoms. The summed E-state index contributed by atoms with van der Waals surface area (Å²) in [7, 11) is 1.98. The van der Waals surface area contributed by atoms with Crippen LogP contribution < -0.4 is 10.6 Å². The van der Waals surface area contributed by atoms with Crippen LogP contribution >= 0.6 is 0 Å². The van der Waals surface area contributed by atoms with E-state index in [1.807, 2.05) is 7.05 Å². The van der Waals surface area contributed by atoms with Gasteiger partial charge in [-0.2, -0.15) is 0 Å². The zero-order valence-corrected chi connectivity index (χ0v) is 11.0. The molecule has 96 valence electrons. The van der Waals surface area contributed by atoms with Crippen LogP contribution in [0.2, 0.25) is 0 Å². The van der Waals surface area contributed by atoms with Crippen LogP contribution in [-0.2, 0) is 4.79 Å². The standard InChI is InChI=1S/C13H28N2O/c1-3-4-7-10-13(16)15-12-9-6-5-8-11-14-2/h14H,3-12H2,1-2H3,(H,15,16). The van der Waals surface area contributed by atoms with Crippen LogP contribution in [0.25, 0.3) is 0 Å². The molecule has 0 heterocycles. The van der Waals surface area contributed by atoms with Crippen molar-refractivity contribution >= 4 is 5.91 Å². The van der Waals surface area contributed by atoms with Crippen molar-refractivity contribution in [2.45, 2.75) is 58.3 Å². The van der Waals surface area contributed by atoms with Gasteiger partial charge in [0.25, 0.3) is 0 Å². The molecule has 0 spiro atoms. The second kappa shape index (κ2) is 12.5. The van der Waals surface area contributed by atoms with Gasteiger partial charge < -0.3 is 10.6 Å². The summed E-state index contributed by atoms with van der Waals surface area (Å²) in [6.07, 6.45) is 8.90. The Morgan fingerprint density at radius 3 is 2.25 bits per heavy atom. The van der Waals surface area contributed by atoms with Crippen molar-refractivity contribution in [3.8, 4) is 0 Å². The minimum absolute atomic E-state index is 0.226. The lowest BCUT2D eigenvalue weighted by Gasteiger charge is -2.04. The molecule has 3 nitrogen and oxygen atoms in total. The molecule has 0 saturated carbocycles. The predicted octanol–water partition coefficient (Wildman–Crippen LogP) is 2.46. The van der Waals surface area contributed by atoms with E-state index in [2.05, 4.69) is 17.6 Å². The van der Waals surface area contributed by atoms with Crippen molar-refractivity contribution in [2.24, 2.45) is 0 Å². The van der Waals surface area contributed by atoms with E-state index in [0.717, 1.165) is 32.4 Å². The first-order chi connectivity index (χ1) is 7.81. The third kappa shape index (κ3) is 11.5. The fraction of sp³-hybridized carbons (Fsp3) is 0.923. The molecule has 0 aliphatic heterocycles. The maximum atomic E-state index is 11.3. The molecular weight excluding hydrogens is 200 g/mol. The average molecular weight is 228 g/mol. The van der Waals surface area contributed by atoms with E-state index >= 15 is 0 Å². The third-order valence-corrected chi connectivity index (χ3v) is 2.68. The summed E-state index contributed by atoms with van der Waals surface area (Å²) in [5, 5.41) is 6.11. The Kier molecular flexibility index (Phi) is 12.1. The Morgan fingerprint density at radius 2 is 1.62 bits per heavy atom. The van der Waals surface area contributed by atoms with Crippen LogP contribution in [0.15, 0.2) is 0 Å². The first-order valence-electron chi connectivity index (χ1n) is 6.72. The fourth-order valence-corrected chi connectivity index (χ4v) is 1.63. The molecule has 0 atom stereocenters. The van der Waals surface area contributed by atoms with Gasteiger partial charge in [-0.25, -0.2) is 0 Å². The maximum absolute atomic E-state index is 11.3. The minimum atomic E-state index is 0.226. The number of nitrogens with one attached hydrogen (secondary N) is 2. The molecule has 0 aromatic heterocycles. The van der Waals surface area contributed by atoms with Gasteiger partial charge in [0, 0.05) is 13.0 Å². The third-order valence-electron chi connectivity index (χ3n) is 2.68. The molecular formula is C13H28N2O. The second-order valence-corrected chi connectivity index (χ2v) is 4.32. The summed E-state index contributed by atoms with van der Waals surface area (Å²) in [5.74, 6) is 0.226. The van der Waals surface area contributed by atoms with Gasteiger partial charge in [-0.05, 0) is 32.9 Å². The molecule has 0 aromatic rings. The van der Waals surface area contributed by atoms with Gasteiger partial charge in [0.1, 0.15) is 0 Å². The van der Waals surface area contributed by atoms with Crippen molar-refractivity contribution in [3.05, 3.63) is 0 Å². The lowest BCUT2D eigenvalue weighted by Crippen LogP contribution is -2.23. The van der Waals surface area contributed by atoms with E-state index in [1.54, 1.807) is 0 Å². The molecule has 0 aliphatic carbocycles. The summed E-state index contributed by atoms with van der Waals surface area (Å²) in [4.78, 5) is 11.3. The molecule has 16 heavy (non-hydrogen) atoms. The van der Waals surface area contributed by atoms with Crippen molar-refractivity contribution in [2.75, 3.05) is 20.1 Å². The molecule has 0 aromatic carbocycles. The van der Waals surface area contributed by atoms with Gasteiger partial charge in [-0.15, -0.1) is 0 Å². The van der Waals surface area contributed by atoms with Crippen LogP contribution in [0.5, 0.6) is 0 Å². The highest BCUT2D eigenvalue weighted by atomic mass is 16.1. The average Bonchev–Trinajstić information content (AvgIpc) is 2.28. The monoisotopic (exact) mass is 228 g/mol. The Labute approximate surface area is 100 Å². The molecule has 0 radical (unpaired) electrons. The van der Waals surface area contributed by atoms with Gasteiger partial charge >= 0.3 is 0 Å². The SMILES string of the molecule is CCCCCC(=O)NCCCCCCNC. The molecule has 0 saturated heterocycles. The van der Waals surface area contributed by atoms with Crippen LogP contribution in [0, 0.1) is 0 Å². The Balaban J connectivity index is 3.09. The zero-order chi connectivity index (χ0) is 12.1. The molecule has 1 amide bonds. The van der Waals surface area contributed by atoms with E-state index in [9.17, 15) is 4.79 Å². The number of hydrogen-bond acceptors (Lipinski definition) is 2. The van der Waals surface area contributed by atoms with Gasteiger partial charge in [0.15, 0.2) is 0 Å². The van der Waals surface area contributed by atoms with Crippen molar-refractivity contribution in [1.82, 2.24) is 10.6 Å². The van der Waals surface area contributed by atoms with Crippen LogP contribution in [0.3, 0.4) is 0 Å². The molecule has 0 fully saturated rings. The largest absolute Gasteiger partial charge is 0.356 e. The highest BCUT2D eigenvalue weighted by molar-refractivity contribution is 5.75. The van der Waals surface area contributed by atoms with Crippen LogP contribution in [0.4, 0.5) is 0 Å². The summed E-state index contributed by atoms with van der Waals surface area (Å²) >= 11 is 0. The smallest absolute Gasteiger partial charge is 0.219 e. The summed E-state index contributed by atoms with van der Waals surface area (Å²) < 4.78 is 0. The maximum Gasteiger partial charge on any atom is 0.219 e. The van der Waals surface area contributed by atoms with Gasteiger partial charge in [-0.3, -0.25) is 4.79 Å². The molecule has 0 aliphatic rings. The Hall–Kier alpha value is -0.570. The van der Waals surface area contributed by atoms with Crippen molar-refractivity contribution < 1.29 is 4.79 Å². The van der Waals surface area contributed by atoms with E-state index in [4.69, 9.17) is 0 Å². The first kappa shape index (κ1) is 15.4. The molecule has 2 N–H and O–H groups in total. The number of unbranched alkanes of at least 4 members (excludes halogenated alkanes) is 5. The number of carbonyl (C=O) groups is 1. The molecule has 0 rings (SSSR count). The topological polar surface area (TPSA) is 41.1 Å². The lowest BCUT2D eigenvalue weighted by molar-refractivity contribution is -0.121. The first-order valence-corrected chi connectivity index (χ1v) is 6.72. The van der Waals surface area contributed by atoms with Crippen LogP contribution in [-0.4, -0.2) is 26.0 Å². The Bertz CT molecular complexity index is 160. The summed E-state index contributed by atoms with van der Waals surface area (Å²) in [6, 6.07) is 0. The normalized spacial score (nSPS) is 10.4. The van der Waals surface area contributed by atoms with E-state index in [1.165, 1.54) is 25.7 Å². The number of amides is 1. The second-order valence-electron chi connectivity index (χ2n) is 4.32. The lowest BCUT2D eigenvalue weighted by atomic mass is 10.2.